The molecule has 0 saturated heterocycles. The maximum absolute atomic E-state index is 12.8. The first kappa shape index (κ1) is 29.1. The molecule has 0 saturated carbocycles. The van der Waals surface area contributed by atoms with Crippen LogP contribution >= 0.6 is 11.8 Å². The summed E-state index contributed by atoms with van der Waals surface area (Å²) in [6.07, 6.45) is 6.71. The number of anilines is 2. The average molecular weight is 576 g/mol. The average Bonchev–Trinajstić information content (AvgIpc) is 3.33. The zero-order valence-corrected chi connectivity index (χ0v) is 25.2. The van der Waals surface area contributed by atoms with Crippen molar-refractivity contribution in [3.05, 3.63) is 77.1 Å². The maximum Gasteiger partial charge on any atom is 0.366 e. The molecule has 1 aromatic heterocycles. The van der Waals surface area contributed by atoms with Crippen LogP contribution < -0.4 is 14.4 Å². The number of likely N-dealkylation sites (N-methyl/N-ethyl adjacent to an activating group) is 1. The third-order valence-corrected chi connectivity index (χ3v) is 8.95. The molecule has 2 aromatic carbocycles. The number of rotatable bonds is 12. The van der Waals surface area contributed by atoms with Gasteiger partial charge < -0.3 is 14.5 Å². The number of hydrogen-bond acceptors (Lipinski definition) is 6. The predicted octanol–water partition coefficient (Wildman–Crippen LogP) is 6.09. The summed E-state index contributed by atoms with van der Waals surface area (Å²) >= 11 is 1.89. The van der Waals surface area contributed by atoms with Gasteiger partial charge in [-0.05, 0) is 62.1 Å². The van der Waals surface area contributed by atoms with Crippen LogP contribution in [0, 0.1) is 0 Å². The fourth-order valence-corrected chi connectivity index (χ4v) is 7.01. The molecule has 0 aliphatic carbocycles. The Balaban J connectivity index is 1.37. The minimum absolute atomic E-state index is 0.148. The lowest BCUT2D eigenvalue weighted by molar-refractivity contribution is -0.632. The molecule has 0 unspecified atom stereocenters. The molecule has 6 nitrogen and oxygen atoms in total. The van der Waals surface area contributed by atoms with Crippen LogP contribution in [0.5, 0.6) is 0 Å². The van der Waals surface area contributed by atoms with E-state index in [4.69, 9.17) is 4.74 Å². The maximum atomic E-state index is 12.8. The van der Waals surface area contributed by atoms with Crippen LogP contribution in [0.2, 0.25) is 0 Å². The van der Waals surface area contributed by atoms with Gasteiger partial charge in [0.2, 0.25) is 5.83 Å². The largest absolute Gasteiger partial charge is 0.459 e. The number of aryl methyl sites for hydroxylation is 2. The lowest BCUT2D eigenvalue weighted by Crippen LogP contribution is -2.41. The van der Waals surface area contributed by atoms with E-state index >= 15 is 0 Å². The summed E-state index contributed by atoms with van der Waals surface area (Å²) in [5, 5.41) is 2.56. The van der Waals surface area contributed by atoms with Crippen LogP contribution in [0.1, 0.15) is 37.3 Å². The Hall–Kier alpha value is -3.36. The predicted molar refractivity (Wildman–Crippen MR) is 167 cm³/mol. The summed E-state index contributed by atoms with van der Waals surface area (Å²) in [5.74, 6) is -0.837. The lowest BCUT2D eigenvalue weighted by atomic mass is 10.0. The van der Waals surface area contributed by atoms with Crippen molar-refractivity contribution < 1.29 is 18.5 Å². The zero-order valence-electron chi connectivity index (χ0n) is 24.4. The van der Waals surface area contributed by atoms with Gasteiger partial charge in [0.25, 0.3) is 5.82 Å². The van der Waals surface area contributed by atoms with E-state index in [1.807, 2.05) is 18.8 Å². The summed E-state index contributed by atoms with van der Waals surface area (Å²) in [6.45, 7) is 9.66. The Morgan fingerprint density at radius 1 is 1.17 bits per heavy atom. The molecule has 0 spiro atoms. The normalized spacial score (nSPS) is 15.0. The van der Waals surface area contributed by atoms with Crippen molar-refractivity contribution in [3.63, 3.8) is 0 Å². The minimum atomic E-state index is -1.06. The molecule has 8 heteroatoms. The van der Waals surface area contributed by atoms with Gasteiger partial charge in [0.05, 0.1) is 30.9 Å². The SMILES string of the molecule is C=C(F)C(=O)OCCN(C)CCCN(CCC)c1cc(C=C2Sc3cccc4c3N2CCC4)c2ccccc2[n+]1C. The topological polar surface area (TPSA) is 39.9 Å². The third kappa shape index (κ3) is 6.44. The van der Waals surface area contributed by atoms with Crippen LogP contribution in [0.15, 0.2) is 70.9 Å². The summed E-state index contributed by atoms with van der Waals surface area (Å²) in [5.41, 5.74) is 5.32. The van der Waals surface area contributed by atoms with Gasteiger partial charge in [-0.1, -0.05) is 55.6 Å². The number of benzene rings is 2. The molecule has 3 heterocycles. The highest BCUT2D eigenvalue weighted by atomic mass is 32.2. The molecular formula is C33H40FN4O2S+. The van der Waals surface area contributed by atoms with Crippen LogP contribution in [0.3, 0.4) is 0 Å². The number of esters is 1. The molecule has 0 bridgehead atoms. The fraction of sp³-hybridized carbons (Fsp3) is 0.394. The number of thioether (sulfide) groups is 1. The molecule has 2 aliphatic heterocycles. The molecule has 0 fully saturated rings. The van der Waals surface area contributed by atoms with Crippen LogP contribution in [-0.4, -0.2) is 57.2 Å². The first-order valence-electron chi connectivity index (χ1n) is 14.5. The van der Waals surface area contributed by atoms with E-state index in [0.717, 1.165) is 45.4 Å². The van der Waals surface area contributed by atoms with Crippen molar-refractivity contribution >= 4 is 46.2 Å². The Kier molecular flexibility index (Phi) is 9.30. The molecule has 0 amide bonds. The molecular weight excluding hydrogens is 535 g/mol. The van der Waals surface area contributed by atoms with Gasteiger partial charge >= 0.3 is 5.97 Å². The molecule has 216 valence electrons. The van der Waals surface area contributed by atoms with E-state index in [9.17, 15) is 9.18 Å². The summed E-state index contributed by atoms with van der Waals surface area (Å²) < 4.78 is 20.1. The van der Waals surface area contributed by atoms with Gasteiger partial charge in [0.15, 0.2) is 0 Å². The number of ether oxygens (including phenoxy) is 1. The van der Waals surface area contributed by atoms with E-state index in [-0.39, 0.29) is 6.61 Å². The molecule has 0 N–H and O–H groups in total. The summed E-state index contributed by atoms with van der Waals surface area (Å²) in [6, 6.07) is 17.7. The van der Waals surface area contributed by atoms with Gasteiger partial charge in [-0.3, -0.25) is 4.90 Å². The number of halogens is 1. The second-order valence-electron chi connectivity index (χ2n) is 10.8. The number of para-hydroxylation sites is 2. The molecule has 41 heavy (non-hydrogen) atoms. The van der Waals surface area contributed by atoms with E-state index in [0.29, 0.717) is 6.54 Å². The summed E-state index contributed by atoms with van der Waals surface area (Å²) in [4.78, 5) is 19.8. The van der Waals surface area contributed by atoms with Crippen molar-refractivity contribution in [2.24, 2.45) is 7.05 Å². The van der Waals surface area contributed by atoms with E-state index in [2.05, 4.69) is 94.4 Å². The number of carbonyl (C=O) groups excluding carboxylic acids is 1. The molecule has 5 rings (SSSR count). The Labute approximate surface area is 247 Å². The zero-order chi connectivity index (χ0) is 28.9. The van der Waals surface area contributed by atoms with E-state index in [1.165, 1.54) is 49.9 Å². The molecule has 0 atom stereocenters. The van der Waals surface area contributed by atoms with E-state index in [1.54, 1.807) is 0 Å². The van der Waals surface area contributed by atoms with Gasteiger partial charge in [0, 0.05) is 36.0 Å². The number of carbonyl (C=O) groups is 1. The smallest absolute Gasteiger partial charge is 0.366 e. The highest BCUT2D eigenvalue weighted by Crippen LogP contribution is 2.50. The van der Waals surface area contributed by atoms with E-state index < -0.39 is 11.8 Å². The number of nitrogens with zero attached hydrogens (tertiary/aromatic N) is 4. The first-order chi connectivity index (χ1) is 19.9. The Morgan fingerprint density at radius 2 is 2.00 bits per heavy atom. The number of pyridine rings is 1. The van der Waals surface area contributed by atoms with Gasteiger partial charge in [-0.25, -0.2) is 9.36 Å². The van der Waals surface area contributed by atoms with Crippen LogP contribution in [0.25, 0.3) is 17.0 Å². The monoisotopic (exact) mass is 575 g/mol. The number of fused-ring (bicyclic) bond motifs is 1. The quantitative estimate of drug-likeness (QED) is 0.148. The summed E-state index contributed by atoms with van der Waals surface area (Å²) in [7, 11) is 4.15. The highest BCUT2D eigenvalue weighted by molar-refractivity contribution is 8.03. The highest BCUT2D eigenvalue weighted by Gasteiger charge is 2.30. The molecule has 0 radical (unpaired) electrons. The van der Waals surface area contributed by atoms with Crippen molar-refractivity contribution in [2.45, 2.75) is 37.5 Å². The third-order valence-electron chi connectivity index (χ3n) is 7.86. The van der Waals surface area contributed by atoms with Crippen molar-refractivity contribution in [3.8, 4) is 0 Å². The molecule has 2 aliphatic rings. The lowest BCUT2D eigenvalue weighted by Gasteiger charge is -2.27. The van der Waals surface area contributed by atoms with Crippen molar-refractivity contribution in [1.82, 2.24) is 4.90 Å². The minimum Gasteiger partial charge on any atom is -0.459 e. The second-order valence-corrected chi connectivity index (χ2v) is 11.9. The Bertz CT molecular complexity index is 1470. The van der Waals surface area contributed by atoms with Crippen molar-refractivity contribution in [2.75, 3.05) is 56.2 Å². The second kappa shape index (κ2) is 13.1. The van der Waals surface area contributed by atoms with Gasteiger partial charge in [0.1, 0.15) is 12.1 Å². The van der Waals surface area contributed by atoms with Crippen molar-refractivity contribution in [1.29, 1.82) is 0 Å². The first-order valence-corrected chi connectivity index (χ1v) is 15.3. The van der Waals surface area contributed by atoms with Crippen LogP contribution in [0.4, 0.5) is 15.9 Å². The standard InChI is InChI=1S/C33H40FN4O2S/c1-5-16-37(18-10-17-35(3)20-21-40-33(39)24(2)34)30-22-26(27-13-6-7-14-28(27)36(30)4)23-31-38-19-9-12-25-11-8-15-29(41-31)32(25)38/h6-8,11,13-15,22-23H,2,5,9-10,12,16-21H2,1,3-4H3/q+1. The number of hydrogen-bond donors (Lipinski definition) is 0. The van der Waals surface area contributed by atoms with Gasteiger partial charge in [-0.2, -0.15) is 4.39 Å². The van der Waals surface area contributed by atoms with Gasteiger partial charge in [-0.15, -0.1) is 0 Å². The molecule has 3 aromatic rings. The van der Waals surface area contributed by atoms with Crippen LogP contribution in [-0.2, 0) is 23.0 Å². The Morgan fingerprint density at radius 3 is 2.80 bits per heavy atom. The number of aromatic nitrogens is 1. The fourth-order valence-electron chi connectivity index (χ4n) is 5.82.